The number of nitrogens with zero attached hydrogens (tertiary/aromatic N) is 1. The predicted molar refractivity (Wildman–Crippen MR) is 147 cm³/mol. The zero-order valence-corrected chi connectivity index (χ0v) is 22.2. The molecule has 1 saturated heterocycles. The molecule has 7 nitrogen and oxygen atoms in total. The lowest BCUT2D eigenvalue weighted by Crippen LogP contribution is -2.32. The Labute approximate surface area is 225 Å². The molecule has 1 atom stereocenters. The summed E-state index contributed by atoms with van der Waals surface area (Å²) in [5.74, 6) is 2.34. The van der Waals surface area contributed by atoms with Gasteiger partial charge in [0.05, 0.1) is 39.5 Å². The minimum Gasteiger partial charge on any atom is -0.497 e. The summed E-state index contributed by atoms with van der Waals surface area (Å²) in [5, 5.41) is 3.37. The number of fused-ring (bicyclic) bond motifs is 2. The van der Waals surface area contributed by atoms with Crippen molar-refractivity contribution in [1.29, 1.82) is 0 Å². The van der Waals surface area contributed by atoms with Crippen molar-refractivity contribution in [3.63, 3.8) is 0 Å². The molecule has 1 aromatic heterocycles. The summed E-state index contributed by atoms with van der Waals surface area (Å²) in [5.41, 5.74) is 3.53. The number of carbonyl (C=O) groups excluding carboxylic acids is 1. The zero-order chi connectivity index (χ0) is 26.1. The summed E-state index contributed by atoms with van der Waals surface area (Å²) in [7, 11) is 3.14. The number of rotatable bonds is 6. The molecule has 2 aliphatic heterocycles. The summed E-state index contributed by atoms with van der Waals surface area (Å²) in [6, 6.07) is 17.8. The molecule has 1 unspecified atom stereocenters. The van der Waals surface area contributed by atoms with Crippen LogP contribution in [0.25, 0.3) is 21.2 Å². The van der Waals surface area contributed by atoms with Gasteiger partial charge in [-0.2, -0.15) is 0 Å². The third-order valence-electron chi connectivity index (χ3n) is 7.00. The van der Waals surface area contributed by atoms with Crippen LogP contribution in [0.1, 0.15) is 22.3 Å². The second kappa shape index (κ2) is 10.6. The molecule has 1 amide bonds. The average molecular weight is 532 g/mol. The summed E-state index contributed by atoms with van der Waals surface area (Å²) in [6.07, 6.45) is 0.805. The van der Waals surface area contributed by atoms with Crippen molar-refractivity contribution in [2.24, 2.45) is 0 Å². The average Bonchev–Trinajstić information content (AvgIpc) is 3.57. The van der Waals surface area contributed by atoms with E-state index in [1.54, 1.807) is 48.7 Å². The molecule has 3 heterocycles. The molecular formula is C30H29NO6S. The molecule has 6 rings (SSSR count). The molecule has 0 N–H and O–H groups in total. The maximum Gasteiger partial charge on any atom is 0.258 e. The first kappa shape index (κ1) is 24.6. The molecule has 0 aliphatic carbocycles. The van der Waals surface area contributed by atoms with Gasteiger partial charge < -0.3 is 28.6 Å². The van der Waals surface area contributed by atoms with E-state index in [2.05, 4.69) is 41.8 Å². The summed E-state index contributed by atoms with van der Waals surface area (Å²) in [6.45, 7) is 2.40. The molecule has 38 heavy (non-hydrogen) atoms. The standard InChI is InChI=1S/C30H29NO6S/c1-33-21-7-8-26(34-2)24(15-21)30(32)31-10-12-36-29-20(16-31)13-19(14-27(29)37-22-9-11-35-17-22)25-18-38-28-6-4-3-5-23(25)28/h3-8,13-15,18,22H,9-12,16-17H2,1-2H3. The first-order chi connectivity index (χ1) is 18.6. The second-order valence-corrected chi connectivity index (χ2v) is 10.3. The number of ether oxygens (including phenoxy) is 5. The molecule has 1 fully saturated rings. The first-order valence-corrected chi connectivity index (χ1v) is 13.5. The normalized spacial score (nSPS) is 17.0. The van der Waals surface area contributed by atoms with E-state index in [0.717, 1.165) is 23.1 Å². The maximum atomic E-state index is 13.8. The predicted octanol–water partition coefficient (Wildman–Crippen LogP) is 5.79. The van der Waals surface area contributed by atoms with E-state index in [1.807, 2.05) is 0 Å². The Hall–Kier alpha value is -3.75. The lowest BCUT2D eigenvalue weighted by molar-refractivity contribution is 0.0729. The molecular weight excluding hydrogens is 502 g/mol. The fourth-order valence-electron chi connectivity index (χ4n) is 5.04. The van der Waals surface area contributed by atoms with E-state index in [-0.39, 0.29) is 12.0 Å². The number of hydrogen-bond donors (Lipinski definition) is 0. The first-order valence-electron chi connectivity index (χ1n) is 12.7. The molecule has 3 aromatic carbocycles. The van der Waals surface area contributed by atoms with Gasteiger partial charge in [0.25, 0.3) is 5.91 Å². The van der Waals surface area contributed by atoms with Crippen molar-refractivity contribution in [2.45, 2.75) is 19.1 Å². The molecule has 4 aromatic rings. The maximum absolute atomic E-state index is 13.8. The SMILES string of the molecule is COc1ccc(OC)c(C(=O)N2CCOc3c(cc(-c4csc5ccccc45)cc3OC3CCOC3)C2)c1. The van der Waals surface area contributed by atoms with E-state index in [0.29, 0.717) is 61.5 Å². The van der Waals surface area contributed by atoms with Crippen molar-refractivity contribution in [3.05, 3.63) is 71.1 Å². The van der Waals surface area contributed by atoms with Gasteiger partial charge in [0.2, 0.25) is 0 Å². The minimum absolute atomic E-state index is 0.0285. The van der Waals surface area contributed by atoms with Crippen LogP contribution in [0, 0.1) is 0 Å². The van der Waals surface area contributed by atoms with Crippen LogP contribution in [0.4, 0.5) is 0 Å². The van der Waals surface area contributed by atoms with Crippen LogP contribution < -0.4 is 18.9 Å². The van der Waals surface area contributed by atoms with E-state index in [9.17, 15) is 4.79 Å². The number of thiophene rings is 1. The smallest absolute Gasteiger partial charge is 0.258 e. The van der Waals surface area contributed by atoms with Crippen molar-refractivity contribution < 1.29 is 28.5 Å². The highest BCUT2D eigenvalue weighted by Crippen LogP contribution is 2.43. The lowest BCUT2D eigenvalue weighted by Gasteiger charge is -2.22. The molecule has 8 heteroatoms. The summed E-state index contributed by atoms with van der Waals surface area (Å²) < 4.78 is 30.3. The van der Waals surface area contributed by atoms with Gasteiger partial charge >= 0.3 is 0 Å². The van der Waals surface area contributed by atoms with Gasteiger partial charge in [0.1, 0.15) is 24.2 Å². The Balaban J connectivity index is 1.41. The van der Waals surface area contributed by atoms with Crippen molar-refractivity contribution >= 4 is 27.3 Å². The Morgan fingerprint density at radius 2 is 1.92 bits per heavy atom. The van der Waals surface area contributed by atoms with Crippen molar-refractivity contribution in [2.75, 3.05) is 40.6 Å². The van der Waals surface area contributed by atoms with Gasteiger partial charge in [-0.1, -0.05) is 18.2 Å². The van der Waals surface area contributed by atoms with Crippen LogP contribution >= 0.6 is 11.3 Å². The Morgan fingerprint density at radius 1 is 1.03 bits per heavy atom. The number of methoxy groups -OCH3 is 2. The fraction of sp³-hybridized carbons (Fsp3) is 0.300. The number of hydrogen-bond acceptors (Lipinski definition) is 7. The zero-order valence-electron chi connectivity index (χ0n) is 21.4. The van der Waals surface area contributed by atoms with Crippen LogP contribution in [0.5, 0.6) is 23.0 Å². The molecule has 2 aliphatic rings. The monoisotopic (exact) mass is 531 g/mol. The largest absolute Gasteiger partial charge is 0.497 e. The van der Waals surface area contributed by atoms with Crippen LogP contribution in [-0.2, 0) is 11.3 Å². The summed E-state index contributed by atoms with van der Waals surface area (Å²) >= 11 is 1.72. The third kappa shape index (κ3) is 4.66. The van der Waals surface area contributed by atoms with Gasteiger partial charge in [-0.3, -0.25) is 4.79 Å². The highest BCUT2D eigenvalue weighted by Gasteiger charge is 2.28. The molecule has 0 spiro atoms. The summed E-state index contributed by atoms with van der Waals surface area (Å²) in [4.78, 5) is 15.5. The van der Waals surface area contributed by atoms with Crippen molar-refractivity contribution in [1.82, 2.24) is 4.90 Å². The number of benzene rings is 3. The van der Waals surface area contributed by atoms with Crippen molar-refractivity contribution in [3.8, 4) is 34.1 Å². The molecule has 196 valence electrons. The second-order valence-electron chi connectivity index (χ2n) is 9.35. The van der Waals surface area contributed by atoms with Crippen LogP contribution in [-0.4, -0.2) is 57.5 Å². The third-order valence-corrected chi connectivity index (χ3v) is 7.96. The van der Waals surface area contributed by atoms with Gasteiger partial charge in [-0.05, 0) is 47.3 Å². The fourth-order valence-corrected chi connectivity index (χ4v) is 6.01. The highest BCUT2D eigenvalue weighted by molar-refractivity contribution is 7.17. The molecule has 0 bridgehead atoms. The van der Waals surface area contributed by atoms with Gasteiger partial charge in [-0.15, -0.1) is 11.3 Å². The van der Waals surface area contributed by atoms with Crippen LogP contribution in [0.15, 0.2) is 60.0 Å². The van der Waals surface area contributed by atoms with E-state index in [4.69, 9.17) is 23.7 Å². The molecule has 0 radical (unpaired) electrons. The van der Waals surface area contributed by atoms with Gasteiger partial charge in [0.15, 0.2) is 11.5 Å². The Morgan fingerprint density at radius 3 is 2.74 bits per heavy atom. The van der Waals surface area contributed by atoms with E-state index in [1.165, 1.54) is 10.1 Å². The Kier molecular flexibility index (Phi) is 6.82. The number of amides is 1. The van der Waals surface area contributed by atoms with Crippen LogP contribution in [0.3, 0.4) is 0 Å². The van der Waals surface area contributed by atoms with Gasteiger partial charge in [-0.25, -0.2) is 0 Å². The minimum atomic E-state index is -0.143. The molecule has 0 saturated carbocycles. The quantitative estimate of drug-likeness (QED) is 0.314. The van der Waals surface area contributed by atoms with E-state index >= 15 is 0 Å². The topological polar surface area (TPSA) is 66.5 Å². The number of carbonyl (C=O) groups is 1. The highest BCUT2D eigenvalue weighted by atomic mass is 32.1. The lowest BCUT2D eigenvalue weighted by atomic mass is 10.0. The van der Waals surface area contributed by atoms with Crippen LogP contribution in [0.2, 0.25) is 0 Å². The van der Waals surface area contributed by atoms with Gasteiger partial charge in [0, 0.05) is 34.2 Å². The Bertz CT molecular complexity index is 1480. The van der Waals surface area contributed by atoms with E-state index < -0.39 is 0 Å².